The maximum Gasteiger partial charge on any atom is 0.0900 e. The Kier molecular flexibility index (Phi) is 9.76. The number of β-amino-alcohol motifs (C(OH)–C–C–N with tert-alkyl or cyclic N) is 2. The van der Waals surface area contributed by atoms with E-state index in [-0.39, 0.29) is 0 Å². The van der Waals surface area contributed by atoms with Crippen LogP contribution in [0.1, 0.15) is 11.1 Å². The van der Waals surface area contributed by atoms with Gasteiger partial charge in [0.1, 0.15) is 0 Å². The molecule has 0 saturated carbocycles. The van der Waals surface area contributed by atoms with Crippen molar-refractivity contribution >= 4 is 0 Å². The predicted molar refractivity (Wildman–Crippen MR) is 117 cm³/mol. The second-order valence-corrected chi connectivity index (χ2v) is 7.91. The van der Waals surface area contributed by atoms with Crippen molar-refractivity contribution in [3.8, 4) is 0 Å². The second kappa shape index (κ2) is 12.8. The number of ether oxygens (including phenoxy) is 2. The van der Waals surface area contributed by atoms with Crippen molar-refractivity contribution in [3.05, 3.63) is 71.8 Å². The zero-order valence-corrected chi connectivity index (χ0v) is 17.6. The van der Waals surface area contributed by atoms with Crippen LogP contribution in [0.5, 0.6) is 0 Å². The van der Waals surface area contributed by atoms with Gasteiger partial charge in [0.2, 0.25) is 0 Å². The van der Waals surface area contributed by atoms with E-state index >= 15 is 0 Å². The lowest BCUT2D eigenvalue weighted by Gasteiger charge is -2.36. The maximum atomic E-state index is 10.2. The minimum absolute atomic E-state index is 0.340. The normalized spacial score (nSPS) is 17.7. The first-order valence-corrected chi connectivity index (χ1v) is 10.7. The van der Waals surface area contributed by atoms with Gasteiger partial charge in [0.25, 0.3) is 0 Å². The Hall–Kier alpha value is -1.80. The average Bonchev–Trinajstić information content (AvgIpc) is 2.77. The van der Waals surface area contributed by atoms with Crippen molar-refractivity contribution in [3.63, 3.8) is 0 Å². The summed E-state index contributed by atoms with van der Waals surface area (Å²) in [5.74, 6) is 0. The van der Waals surface area contributed by atoms with Gasteiger partial charge < -0.3 is 19.7 Å². The zero-order chi connectivity index (χ0) is 21.0. The van der Waals surface area contributed by atoms with Crippen LogP contribution in [0.15, 0.2) is 60.7 Å². The second-order valence-electron chi connectivity index (χ2n) is 7.91. The van der Waals surface area contributed by atoms with Crippen molar-refractivity contribution in [2.75, 3.05) is 52.5 Å². The van der Waals surface area contributed by atoms with Gasteiger partial charge >= 0.3 is 0 Å². The Labute approximate surface area is 179 Å². The molecule has 6 nitrogen and oxygen atoms in total. The molecule has 0 bridgehead atoms. The Bertz CT molecular complexity index is 631. The molecule has 1 fully saturated rings. The van der Waals surface area contributed by atoms with Crippen molar-refractivity contribution in [2.45, 2.75) is 25.4 Å². The van der Waals surface area contributed by atoms with Crippen molar-refractivity contribution in [1.82, 2.24) is 9.80 Å². The van der Waals surface area contributed by atoms with Crippen molar-refractivity contribution < 1.29 is 19.7 Å². The highest BCUT2D eigenvalue weighted by molar-refractivity contribution is 5.14. The minimum Gasteiger partial charge on any atom is -0.389 e. The summed E-state index contributed by atoms with van der Waals surface area (Å²) in [4.78, 5) is 4.51. The maximum absolute atomic E-state index is 10.2. The molecule has 0 amide bonds. The molecule has 0 spiro atoms. The minimum atomic E-state index is -0.489. The van der Waals surface area contributed by atoms with E-state index in [2.05, 4.69) is 9.80 Å². The smallest absolute Gasteiger partial charge is 0.0900 e. The van der Waals surface area contributed by atoms with Crippen LogP contribution in [0.25, 0.3) is 0 Å². The van der Waals surface area contributed by atoms with E-state index in [0.717, 1.165) is 37.3 Å². The number of nitrogens with zero attached hydrogens (tertiary/aromatic N) is 2. The Morgan fingerprint density at radius 3 is 1.37 bits per heavy atom. The molecule has 0 aliphatic carbocycles. The molecule has 2 aromatic carbocycles. The van der Waals surface area contributed by atoms with Gasteiger partial charge in [0.15, 0.2) is 0 Å². The highest BCUT2D eigenvalue weighted by atomic mass is 16.5. The monoisotopic (exact) mass is 414 g/mol. The molecular weight excluding hydrogens is 380 g/mol. The number of rotatable bonds is 12. The molecule has 0 radical (unpaired) electrons. The molecule has 2 unspecified atom stereocenters. The molecule has 2 N–H and O–H groups in total. The molecule has 1 heterocycles. The number of aliphatic hydroxyl groups excluding tert-OH is 2. The molecule has 0 aromatic heterocycles. The average molecular weight is 415 g/mol. The molecule has 6 heteroatoms. The molecule has 30 heavy (non-hydrogen) atoms. The third-order valence-electron chi connectivity index (χ3n) is 5.25. The fourth-order valence-electron chi connectivity index (χ4n) is 3.63. The number of aliphatic hydroxyl groups is 2. The predicted octanol–water partition coefficient (Wildman–Crippen LogP) is 1.76. The van der Waals surface area contributed by atoms with Crippen molar-refractivity contribution in [2.24, 2.45) is 0 Å². The summed E-state index contributed by atoms with van der Waals surface area (Å²) >= 11 is 0. The fraction of sp³-hybridized carbons (Fsp3) is 0.500. The van der Waals surface area contributed by atoms with Gasteiger partial charge in [-0.25, -0.2) is 0 Å². The van der Waals surface area contributed by atoms with Crippen LogP contribution in [0, 0.1) is 0 Å². The first-order chi connectivity index (χ1) is 14.7. The number of hydrogen-bond donors (Lipinski definition) is 2. The Morgan fingerprint density at radius 1 is 0.633 bits per heavy atom. The van der Waals surface area contributed by atoms with E-state index in [0.29, 0.717) is 39.5 Å². The first kappa shape index (κ1) is 22.9. The SMILES string of the molecule is OC(COCc1ccccc1)CN1CCN(CC(O)COCc2ccccc2)CC1. The Morgan fingerprint density at radius 2 is 1.00 bits per heavy atom. The lowest BCUT2D eigenvalue weighted by molar-refractivity contribution is -0.0135. The van der Waals surface area contributed by atoms with Gasteiger partial charge in [-0.3, -0.25) is 9.80 Å². The van der Waals surface area contributed by atoms with Gasteiger partial charge in [-0.15, -0.1) is 0 Å². The van der Waals surface area contributed by atoms with E-state index in [9.17, 15) is 10.2 Å². The summed E-state index contributed by atoms with van der Waals surface area (Å²) in [7, 11) is 0. The van der Waals surface area contributed by atoms with Gasteiger partial charge in [-0.2, -0.15) is 0 Å². The highest BCUT2D eigenvalue weighted by Gasteiger charge is 2.21. The fourth-order valence-corrected chi connectivity index (χ4v) is 3.63. The standard InChI is InChI=1S/C24H34N2O4/c27-23(19-29-17-21-7-3-1-4-8-21)15-25-11-13-26(14-12-25)16-24(28)20-30-18-22-9-5-2-6-10-22/h1-10,23-24,27-28H,11-20H2. The number of hydrogen-bond acceptors (Lipinski definition) is 6. The number of piperazine rings is 1. The van der Waals surface area contributed by atoms with Crippen molar-refractivity contribution in [1.29, 1.82) is 0 Å². The largest absolute Gasteiger partial charge is 0.389 e. The summed E-state index contributed by atoms with van der Waals surface area (Å²) in [5, 5.41) is 20.5. The lowest BCUT2D eigenvalue weighted by Crippen LogP contribution is -2.51. The summed E-state index contributed by atoms with van der Waals surface area (Å²) in [5.41, 5.74) is 2.23. The third-order valence-corrected chi connectivity index (χ3v) is 5.25. The van der Waals surface area contributed by atoms with Gasteiger partial charge in [0, 0.05) is 39.3 Å². The van der Waals surface area contributed by atoms with Crippen LogP contribution in [0.3, 0.4) is 0 Å². The van der Waals surface area contributed by atoms with E-state index in [1.807, 2.05) is 60.7 Å². The quantitative estimate of drug-likeness (QED) is 0.552. The first-order valence-electron chi connectivity index (χ1n) is 10.7. The molecule has 1 aliphatic heterocycles. The summed E-state index contributed by atoms with van der Waals surface area (Å²) in [6, 6.07) is 20.0. The molecule has 1 aliphatic rings. The van der Waals surface area contributed by atoms with Crippen LogP contribution < -0.4 is 0 Å². The lowest BCUT2D eigenvalue weighted by atomic mass is 10.2. The van der Waals surface area contributed by atoms with Gasteiger partial charge in [-0.05, 0) is 11.1 Å². The van der Waals surface area contributed by atoms with Crippen LogP contribution in [0.4, 0.5) is 0 Å². The van der Waals surface area contributed by atoms with E-state index in [4.69, 9.17) is 9.47 Å². The van der Waals surface area contributed by atoms with Crippen LogP contribution in [0.2, 0.25) is 0 Å². The van der Waals surface area contributed by atoms with Gasteiger partial charge in [-0.1, -0.05) is 60.7 Å². The highest BCUT2D eigenvalue weighted by Crippen LogP contribution is 2.07. The topological polar surface area (TPSA) is 65.4 Å². The summed E-state index contributed by atoms with van der Waals surface area (Å²) in [6.45, 7) is 6.49. The van der Waals surface area contributed by atoms with E-state index in [1.165, 1.54) is 0 Å². The molecule has 1 saturated heterocycles. The van der Waals surface area contributed by atoms with Crippen LogP contribution >= 0.6 is 0 Å². The molecule has 2 atom stereocenters. The zero-order valence-electron chi connectivity index (χ0n) is 17.6. The van der Waals surface area contributed by atoms with Gasteiger partial charge in [0.05, 0.1) is 38.6 Å². The van der Waals surface area contributed by atoms with E-state index in [1.54, 1.807) is 0 Å². The molecule has 3 rings (SSSR count). The molecular formula is C24H34N2O4. The van der Waals surface area contributed by atoms with Crippen LogP contribution in [-0.2, 0) is 22.7 Å². The third kappa shape index (κ3) is 8.52. The number of benzene rings is 2. The Balaban J connectivity index is 1.24. The van der Waals surface area contributed by atoms with Crippen LogP contribution in [-0.4, -0.2) is 84.7 Å². The summed E-state index contributed by atoms with van der Waals surface area (Å²) < 4.78 is 11.3. The summed E-state index contributed by atoms with van der Waals surface area (Å²) in [6.07, 6.45) is -0.977. The molecule has 164 valence electrons. The molecule has 2 aromatic rings. The van der Waals surface area contributed by atoms with E-state index < -0.39 is 12.2 Å².